The van der Waals surface area contributed by atoms with Crippen LogP contribution in [-0.2, 0) is 16.0 Å². The molecule has 0 bridgehead atoms. The second kappa shape index (κ2) is 8.26. The van der Waals surface area contributed by atoms with Gasteiger partial charge in [0.1, 0.15) is 5.75 Å². The van der Waals surface area contributed by atoms with E-state index < -0.39 is 0 Å². The van der Waals surface area contributed by atoms with Gasteiger partial charge in [0.05, 0.1) is 13.2 Å². The number of anilines is 1. The molecule has 1 aliphatic heterocycles. The Morgan fingerprint density at radius 2 is 1.89 bits per heavy atom. The van der Waals surface area contributed by atoms with Crippen molar-refractivity contribution in [2.45, 2.75) is 59.3 Å². The van der Waals surface area contributed by atoms with Crippen LogP contribution < -0.4 is 10.5 Å². The summed E-state index contributed by atoms with van der Waals surface area (Å²) in [6, 6.07) is 8.80. The van der Waals surface area contributed by atoms with E-state index in [1.54, 1.807) is 0 Å². The zero-order valence-corrected chi connectivity index (χ0v) is 17.6. The third kappa shape index (κ3) is 3.73. The molecule has 3 rings (SSSR count). The molecule has 0 aliphatic carbocycles. The van der Waals surface area contributed by atoms with E-state index in [2.05, 4.69) is 45.0 Å². The van der Waals surface area contributed by atoms with Gasteiger partial charge in [-0.3, -0.25) is 4.79 Å². The van der Waals surface area contributed by atoms with Gasteiger partial charge in [-0.15, -0.1) is 0 Å². The average molecular weight is 382 g/mol. The van der Waals surface area contributed by atoms with Gasteiger partial charge < -0.3 is 15.2 Å². The summed E-state index contributed by atoms with van der Waals surface area (Å²) in [4.78, 5) is 11.9. The maximum Gasteiger partial charge on any atom is 0.306 e. The molecule has 1 aliphatic rings. The number of nitrogens with two attached hydrogens (primary N) is 1. The van der Waals surface area contributed by atoms with E-state index in [-0.39, 0.29) is 11.9 Å². The number of hydrogen-bond donors (Lipinski definition) is 1. The predicted molar refractivity (Wildman–Crippen MR) is 113 cm³/mol. The fraction of sp³-hybridized carbons (Fsp3) is 0.458. The fourth-order valence-corrected chi connectivity index (χ4v) is 4.06. The number of nitrogen functional groups attached to an aromatic ring is 1. The van der Waals surface area contributed by atoms with Crippen molar-refractivity contribution in [3.63, 3.8) is 0 Å². The Balaban J connectivity index is 1.97. The first-order chi connectivity index (χ1) is 13.3. The summed E-state index contributed by atoms with van der Waals surface area (Å²) in [5, 5.41) is 0. The van der Waals surface area contributed by atoms with Gasteiger partial charge >= 0.3 is 5.97 Å². The van der Waals surface area contributed by atoms with Crippen molar-refractivity contribution in [2.75, 3.05) is 18.9 Å². The SMILES string of the molecule is CCOC(=O)CCc1c(C)c(N)c(C)c2c1OCC2c1ccc(C(C)C)cc1. The highest BCUT2D eigenvalue weighted by Crippen LogP contribution is 2.46. The highest BCUT2D eigenvalue weighted by atomic mass is 16.5. The van der Waals surface area contributed by atoms with Crippen molar-refractivity contribution >= 4 is 11.7 Å². The van der Waals surface area contributed by atoms with Crippen LogP contribution in [0.1, 0.15) is 72.4 Å². The molecule has 0 saturated carbocycles. The van der Waals surface area contributed by atoms with E-state index in [1.165, 1.54) is 16.7 Å². The van der Waals surface area contributed by atoms with Crippen molar-refractivity contribution < 1.29 is 14.3 Å². The Morgan fingerprint density at radius 1 is 1.21 bits per heavy atom. The molecule has 2 N–H and O–H groups in total. The van der Waals surface area contributed by atoms with Crippen LogP contribution >= 0.6 is 0 Å². The van der Waals surface area contributed by atoms with Crippen LogP contribution in [-0.4, -0.2) is 19.2 Å². The monoisotopic (exact) mass is 381 g/mol. The second-order valence-electron chi connectivity index (χ2n) is 7.88. The van der Waals surface area contributed by atoms with E-state index in [1.807, 2.05) is 13.8 Å². The maximum atomic E-state index is 11.9. The first-order valence-corrected chi connectivity index (χ1v) is 10.1. The largest absolute Gasteiger partial charge is 0.492 e. The molecule has 0 radical (unpaired) electrons. The van der Waals surface area contributed by atoms with E-state index in [9.17, 15) is 4.79 Å². The minimum atomic E-state index is -0.186. The summed E-state index contributed by atoms with van der Waals surface area (Å²) in [5.41, 5.74) is 14.1. The molecule has 28 heavy (non-hydrogen) atoms. The van der Waals surface area contributed by atoms with Gasteiger partial charge in [-0.2, -0.15) is 0 Å². The molecule has 1 atom stereocenters. The fourth-order valence-electron chi connectivity index (χ4n) is 4.06. The molecule has 0 fully saturated rings. The number of fused-ring (bicyclic) bond motifs is 1. The lowest BCUT2D eigenvalue weighted by atomic mass is 9.85. The van der Waals surface area contributed by atoms with Gasteiger partial charge in [-0.25, -0.2) is 0 Å². The van der Waals surface area contributed by atoms with Gasteiger partial charge in [-0.05, 0) is 60.9 Å². The van der Waals surface area contributed by atoms with Gasteiger partial charge in [0, 0.05) is 23.6 Å². The molecule has 2 aromatic carbocycles. The van der Waals surface area contributed by atoms with Gasteiger partial charge in [0.25, 0.3) is 0 Å². The summed E-state index contributed by atoms with van der Waals surface area (Å²) >= 11 is 0. The first kappa shape index (κ1) is 20.2. The lowest BCUT2D eigenvalue weighted by Gasteiger charge is -2.19. The zero-order chi connectivity index (χ0) is 20.4. The quantitative estimate of drug-likeness (QED) is 0.563. The van der Waals surface area contributed by atoms with E-state index in [0.29, 0.717) is 32.0 Å². The Labute approximate surface area is 168 Å². The first-order valence-electron chi connectivity index (χ1n) is 10.1. The summed E-state index contributed by atoms with van der Waals surface area (Å²) in [5.74, 6) is 1.40. The number of rotatable bonds is 6. The highest BCUT2D eigenvalue weighted by Gasteiger charge is 2.32. The molecule has 150 valence electrons. The molecular weight excluding hydrogens is 350 g/mol. The van der Waals surface area contributed by atoms with Crippen LogP contribution in [0.15, 0.2) is 24.3 Å². The Kier molecular flexibility index (Phi) is 5.97. The molecule has 0 saturated heterocycles. The molecule has 0 amide bonds. The Bertz CT molecular complexity index is 869. The molecule has 4 nitrogen and oxygen atoms in total. The molecule has 1 unspecified atom stereocenters. The van der Waals surface area contributed by atoms with Crippen LogP contribution in [0, 0.1) is 13.8 Å². The van der Waals surface area contributed by atoms with Crippen molar-refractivity contribution in [1.29, 1.82) is 0 Å². The van der Waals surface area contributed by atoms with E-state index >= 15 is 0 Å². The van der Waals surface area contributed by atoms with Gasteiger partial charge in [-0.1, -0.05) is 38.1 Å². The summed E-state index contributed by atoms with van der Waals surface area (Å²) in [6.07, 6.45) is 0.914. The number of esters is 1. The third-order valence-corrected chi connectivity index (χ3v) is 5.82. The standard InChI is InChI=1S/C24H31NO3/c1-6-27-21(26)12-11-19-15(4)23(25)16(5)22-20(13-28-24(19)22)18-9-7-17(8-10-18)14(2)3/h7-10,14,20H,6,11-13,25H2,1-5H3. The minimum absolute atomic E-state index is 0.167. The zero-order valence-electron chi connectivity index (χ0n) is 17.6. The molecular formula is C24H31NO3. The average Bonchev–Trinajstić information content (AvgIpc) is 3.11. The van der Waals surface area contributed by atoms with Crippen molar-refractivity contribution in [1.82, 2.24) is 0 Å². The van der Waals surface area contributed by atoms with E-state index in [0.717, 1.165) is 28.1 Å². The predicted octanol–water partition coefficient (Wildman–Crippen LogP) is 5.03. The summed E-state index contributed by atoms with van der Waals surface area (Å²) in [7, 11) is 0. The van der Waals surface area contributed by atoms with Crippen LogP contribution in [0.25, 0.3) is 0 Å². The van der Waals surface area contributed by atoms with Crippen molar-refractivity contribution in [2.24, 2.45) is 0 Å². The number of hydrogen-bond acceptors (Lipinski definition) is 4. The molecule has 4 heteroatoms. The number of carbonyl (C=O) groups is 1. The Hall–Kier alpha value is -2.49. The van der Waals surface area contributed by atoms with Gasteiger partial charge in [0.15, 0.2) is 0 Å². The lowest BCUT2D eigenvalue weighted by molar-refractivity contribution is -0.143. The number of carbonyl (C=O) groups excluding carboxylic acids is 1. The second-order valence-corrected chi connectivity index (χ2v) is 7.88. The normalized spacial score (nSPS) is 15.4. The molecule has 0 aromatic heterocycles. The molecule has 2 aromatic rings. The van der Waals surface area contributed by atoms with Crippen LogP contribution in [0.2, 0.25) is 0 Å². The van der Waals surface area contributed by atoms with Crippen molar-refractivity contribution in [3.05, 3.63) is 57.6 Å². The maximum absolute atomic E-state index is 11.9. The highest BCUT2D eigenvalue weighted by molar-refractivity contribution is 5.72. The topological polar surface area (TPSA) is 61.5 Å². The molecule has 0 spiro atoms. The van der Waals surface area contributed by atoms with Crippen LogP contribution in [0.5, 0.6) is 5.75 Å². The lowest BCUT2D eigenvalue weighted by Crippen LogP contribution is -2.09. The number of ether oxygens (including phenoxy) is 2. The summed E-state index contributed by atoms with van der Waals surface area (Å²) in [6.45, 7) is 11.3. The van der Waals surface area contributed by atoms with Crippen LogP contribution in [0.3, 0.4) is 0 Å². The third-order valence-electron chi connectivity index (χ3n) is 5.82. The minimum Gasteiger partial charge on any atom is -0.492 e. The van der Waals surface area contributed by atoms with Gasteiger partial charge in [0.2, 0.25) is 0 Å². The molecule has 1 heterocycles. The van der Waals surface area contributed by atoms with E-state index in [4.69, 9.17) is 15.2 Å². The van der Waals surface area contributed by atoms with Crippen LogP contribution in [0.4, 0.5) is 5.69 Å². The summed E-state index contributed by atoms with van der Waals surface area (Å²) < 4.78 is 11.3. The van der Waals surface area contributed by atoms with Crippen molar-refractivity contribution in [3.8, 4) is 5.75 Å². The Morgan fingerprint density at radius 3 is 2.50 bits per heavy atom. The smallest absolute Gasteiger partial charge is 0.306 e. The number of benzene rings is 2.